The number of rotatable bonds is 1. The molecule has 0 radical (unpaired) electrons. The third kappa shape index (κ3) is 1.58. The van der Waals surface area contributed by atoms with E-state index in [4.69, 9.17) is 0 Å². The van der Waals surface area contributed by atoms with E-state index >= 15 is 0 Å². The number of carbonyl (C=O) groups excluding carboxylic acids is 1. The highest BCUT2D eigenvalue weighted by atomic mass is 16.1. The van der Waals surface area contributed by atoms with Crippen LogP contribution in [0.4, 0.5) is 0 Å². The van der Waals surface area contributed by atoms with Gasteiger partial charge in [-0.3, -0.25) is 4.79 Å². The molecule has 3 unspecified atom stereocenters. The second kappa shape index (κ2) is 4.07. The summed E-state index contributed by atoms with van der Waals surface area (Å²) in [5.41, 5.74) is 4.07. The van der Waals surface area contributed by atoms with Crippen molar-refractivity contribution in [1.82, 2.24) is 0 Å². The van der Waals surface area contributed by atoms with Crippen molar-refractivity contribution in [2.45, 2.75) is 45.4 Å². The summed E-state index contributed by atoms with van der Waals surface area (Å²) in [5, 5.41) is 0. The zero-order valence-corrected chi connectivity index (χ0v) is 12.4. The van der Waals surface area contributed by atoms with Gasteiger partial charge in [-0.05, 0) is 53.7 Å². The molecule has 3 aliphatic carbocycles. The molecular weight excluding hydrogens is 244 g/mol. The van der Waals surface area contributed by atoms with E-state index in [1.807, 2.05) is 0 Å². The van der Waals surface area contributed by atoms with Crippen molar-refractivity contribution in [3.05, 3.63) is 47.0 Å². The van der Waals surface area contributed by atoms with Crippen LogP contribution in [-0.2, 0) is 17.6 Å². The third-order valence-corrected chi connectivity index (χ3v) is 5.82. The lowest BCUT2D eigenvalue weighted by molar-refractivity contribution is -0.130. The van der Waals surface area contributed by atoms with Crippen molar-refractivity contribution < 1.29 is 4.79 Å². The molecule has 0 aromatic heterocycles. The number of hydrogen-bond donors (Lipinski definition) is 0. The van der Waals surface area contributed by atoms with Crippen molar-refractivity contribution in [2.75, 3.05) is 0 Å². The van der Waals surface area contributed by atoms with Gasteiger partial charge >= 0.3 is 0 Å². The van der Waals surface area contributed by atoms with Crippen molar-refractivity contribution in [3.63, 3.8) is 0 Å². The van der Waals surface area contributed by atoms with Gasteiger partial charge in [-0.2, -0.15) is 0 Å². The Kier molecular flexibility index (Phi) is 2.52. The van der Waals surface area contributed by atoms with E-state index in [-0.39, 0.29) is 5.41 Å². The second-order valence-corrected chi connectivity index (χ2v) is 7.31. The molecule has 3 atom stereocenters. The van der Waals surface area contributed by atoms with E-state index in [1.54, 1.807) is 0 Å². The van der Waals surface area contributed by atoms with E-state index in [2.05, 4.69) is 44.2 Å². The molecule has 0 amide bonds. The first kappa shape index (κ1) is 12.4. The molecule has 1 saturated carbocycles. The van der Waals surface area contributed by atoms with Gasteiger partial charge in [0.1, 0.15) is 5.78 Å². The molecule has 3 aliphatic rings. The van der Waals surface area contributed by atoms with Crippen LogP contribution >= 0.6 is 0 Å². The zero-order chi connectivity index (χ0) is 13.9. The van der Waals surface area contributed by atoms with Gasteiger partial charge < -0.3 is 0 Å². The number of ketones is 1. The van der Waals surface area contributed by atoms with E-state index in [1.165, 1.54) is 23.1 Å². The summed E-state index contributed by atoms with van der Waals surface area (Å²) in [6.45, 7) is 4.48. The Labute approximate surface area is 121 Å². The molecule has 0 heterocycles. The fraction of sp³-hybridized carbons (Fsp3) is 0.526. The van der Waals surface area contributed by atoms with Crippen LogP contribution in [0.3, 0.4) is 0 Å². The molecule has 1 aromatic rings. The third-order valence-electron chi connectivity index (χ3n) is 5.82. The number of benzene rings is 1. The minimum absolute atomic E-state index is 0.0536. The summed E-state index contributed by atoms with van der Waals surface area (Å²) >= 11 is 0. The van der Waals surface area contributed by atoms with Gasteiger partial charge in [0.05, 0.1) is 0 Å². The van der Waals surface area contributed by atoms with Gasteiger partial charge in [-0.15, -0.1) is 0 Å². The zero-order valence-electron chi connectivity index (χ0n) is 12.4. The van der Waals surface area contributed by atoms with Crippen LogP contribution in [0.25, 0.3) is 0 Å². The molecule has 0 aliphatic heterocycles. The average Bonchev–Trinajstić information content (AvgIpc) is 3.00. The van der Waals surface area contributed by atoms with Crippen LogP contribution in [0.1, 0.15) is 49.3 Å². The number of fused-ring (bicyclic) bond motifs is 4. The maximum atomic E-state index is 12.8. The van der Waals surface area contributed by atoms with Crippen LogP contribution in [0.2, 0.25) is 0 Å². The minimum Gasteiger partial charge on any atom is -0.299 e. The molecule has 1 aromatic carbocycles. The van der Waals surface area contributed by atoms with Gasteiger partial charge in [0.15, 0.2) is 0 Å². The molecule has 1 nitrogen and oxygen atoms in total. The lowest BCUT2D eigenvalue weighted by Crippen LogP contribution is -2.41. The van der Waals surface area contributed by atoms with Crippen molar-refractivity contribution >= 4 is 5.78 Å². The maximum Gasteiger partial charge on any atom is 0.144 e. The first-order valence-corrected chi connectivity index (χ1v) is 7.92. The van der Waals surface area contributed by atoms with Crippen molar-refractivity contribution in [3.8, 4) is 0 Å². The molecule has 0 N–H and O–H groups in total. The summed E-state index contributed by atoms with van der Waals surface area (Å²) in [6, 6.07) is 6.76. The summed E-state index contributed by atoms with van der Waals surface area (Å²) in [5.74, 6) is 2.24. The van der Waals surface area contributed by atoms with Gasteiger partial charge in [0.2, 0.25) is 0 Å². The minimum atomic E-state index is -0.0536. The molecule has 1 spiro atoms. The van der Waals surface area contributed by atoms with E-state index in [9.17, 15) is 4.79 Å². The highest BCUT2D eigenvalue weighted by Crippen LogP contribution is 2.56. The van der Waals surface area contributed by atoms with Crippen LogP contribution in [-0.4, -0.2) is 5.78 Å². The van der Waals surface area contributed by atoms with Crippen molar-refractivity contribution in [2.24, 2.45) is 17.3 Å². The SMILES string of the molecule is CC(C)c1ccc2c(c1)CC1(CC3C=CC1C3)C(=O)C2. The largest absolute Gasteiger partial charge is 0.299 e. The van der Waals surface area contributed by atoms with Crippen LogP contribution in [0, 0.1) is 17.3 Å². The van der Waals surface area contributed by atoms with E-state index < -0.39 is 0 Å². The Morgan fingerprint density at radius 2 is 2.05 bits per heavy atom. The number of hydrogen-bond acceptors (Lipinski definition) is 1. The summed E-state index contributed by atoms with van der Waals surface area (Å²) < 4.78 is 0. The second-order valence-electron chi connectivity index (χ2n) is 7.31. The number of Topliss-reactive ketones (excluding diaryl/α,β-unsaturated/α-hetero) is 1. The van der Waals surface area contributed by atoms with Crippen LogP contribution in [0.15, 0.2) is 30.4 Å². The molecule has 2 bridgehead atoms. The molecule has 1 heteroatoms. The first-order chi connectivity index (χ1) is 9.58. The summed E-state index contributed by atoms with van der Waals surface area (Å²) in [6.07, 6.45) is 8.61. The quantitative estimate of drug-likeness (QED) is 0.701. The smallest absolute Gasteiger partial charge is 0.144 e. The molecule has 104 valence electrons. The molecule has 1 fully saturated rings. The Bertz CT molecular complexity index is 610. The maximum absolute atomic E-state index is 12.8. The lowest BCUT2D eigenvalue weighted by atomic mass is 9.63. The fourth-order valence-corrected chi connectivity index (χ4v) is 4.61. The Morgan fingerprint density at radius 1 is 1.20 bits per heavy atom. The Balaban J connectivity index is 1.76. The highest BCUT2D eigenvalue weighted by Gasteiger charge is 2.54. The summed E-state index contributed by atoms with van der Waals surface area (Å²) in [7, 11) is 0. The van der Waals surface area contributed by atoms with E-state index in [0.717, 1.165) is 12.8 Å². The lowest BCUT2D eigenvalue weighted by Gasteiger charge is -2.38. The average molecular weight is 266 g/mol. The Hall–Kier alpha value is -1.37. The molecule has 0 saturated heterocycles. The van der Waals surface area contributed by atoms with Crippen molar-refractivity contribution in [1.29, 1.82) is 0 Å². The number of allylic oxidation sites excluding steroid dienone is 2. The number of carbonyl (C=O) groups is 1. The van der Waals surface area contributed by atoms with E-state index in [0.29, 0.717) is 30.0 Å². The van der Waals surface area contributed by atoms with Gasteiger partial charge in [0, 0.05) is 11.8 Å². The molecule has 4 rings (SSSR count). The Morgan fingerprint density at radius 3 is 2.70 bits per heavy atom. The fourth-order valence-electron chi connectivity index (χ4n) is 4.61. The van der Waals surface area contributed by atoms with Crippen LogP contribution in [0.5, 0.6) is 0 Å². The molecule has 20 heavy (non-hydrogen) atoms. The van der Waals surface area contributed by atoms with Crippen LogP contribution < -0.4 is 0 Å². The monoisotopic (exact) mass is 266 g/mol. The highest BCUT2D eigenvalue weighted by molar-refractivity contribution is 5.90. The standard InChI is InChI=1S/C19H22O/c1-12(2)14-4-5-15-9-18(20)19(11-16(15)8-14)10-13-3-6-17(19)7-13/h3-6,8,12-13,17H,7,9-11H2,1-2H3. The van der Waals surface area contributed by atoms with Gasteiger partial charge in [-0.1, -0.05) is 44.2 Å². The normalized spacial score (nSPS) is 34.2. The topological polar surface area (TPSA) is 17.1 Å². The van der Waals surface area contributed by atoms with Gasteiger partial charge in [0.25, 0.3) is 0 Å². The predicted octanol–water partition coefficient (Wildman–Crippen LogP) is 4.06. The predicted molar refractivity (Wildman–Crippen MR) is 80.7 cm³/mol. The van der Waals surface area contributed by atoms with Gasteiger partial charge in [-0.25, -0.2) is 0 Å². The summed E-state index contributed by atoms with van der Waals surface area (Å²) in [4.78, 5) is 12.8. The first-order valence-electron chi connectivity index (χ1n) is 7.92. The molecular formula is C19H22O.